The number of benzene rings is 1. The molecule has 0 saturated carbocycles. The summed E-state index contributed by atoms with van der Waals surface area (Å²) in [6.45, 7) is 4.33. The predicted octanol–water partition coefficient (Wildman–Crippen LogP) is 2.23. The van der Waals surface area contributed by atoms with Crippen LogP contribution in [0.1, 0.15) is 37.0 Å². The molecule has 0 bridgehead atoms. The van der Waals surface area contributed by atoms with E-state index < -0.39 is 0 Å². The van der Waals surface area contributed by atoms with Crippen LogP contribution in [0.15, 0.2) is 18.2 Å². The number of hydrogen-bond donors (Lipinski definition) is 2. The number of ketones is 1. The summed E-state index contributed by atoms with van der Waals surface area (Å²) in [4.78, 5) is 22.3. The lowest BCUT2D eigenvalue weighted by Gasteiger charge is -2.09. The summed E-state index contributed by atoms with van der Waals surface area (Å²) < 4.78 is 4.83. The number of anilines is 2. The summed E-state index contributed by atoms with van der Waals surface area (Å²) in [6.07, 6.45) is 1.08. The second-order valence-corrected chi connectivity index (χ2v) is 4.19. The molecule has 1 rings (SSSR count). The Hall–Kier alpha value is -2.04. The van der Waals surface area contributed by atoms with Crippen LogP contribution in [-0.4, -0.2) is 24.9 Å². The topological polar surface area (TPSA) is 81.4 Å². The Morgan fingerprint density at radius 2 is 2.11 bits per heavy atom. The van der Waals surface area contributed by atoms with Gasteiger partial charge in [0.05, 0.1) is 6.61 Å². The van der Waals surface area contributed by atoms with Gasteiger partial charge >= 0.3 is 5.97 Å². The van der Waals surface area contributed by atoms with Gasteiger partial charge in [0.25, 0.3) is 0 Å². The van der Waals surface area contributed by atoms with Crippen LogP contribution >= 0.6 is 0 Å². The molecule has 0 saturated heterocycles. The number of esters is 1. The van der Waals surface area contributed by atoms with Crippen molar-refractivity contribution in [3.05, 3.63) is 23.8 Å². The van der Waals surface area contributed by atoms with Gasteiger partial charge in [-0.1, -0.05) is 0 Å². The van der Waals surface area contributed by atoms with Crippen LogP contribution in [0.25, 0.3) is 0 Å². The minimum absolute atomic E-state index is 0.0497. The van der Waals surface area contributed by atoms with Crippen LogP contribution in [0.2, 0.25) is 0 Å². The third kappa shape index (κ3) is 4.99. The zero-order valence-electron chi connectivity index (χ0n) is 11.4. The van der Waals surface area contributed by atoms with E-state index in [9.17, 15) is 9.59 Å². The molecule has 3 N–H and O–H groups in total. The predicted molar refractivity (Wildman–Crippen MR) is 75.2 cm³/mol. The summed E-state index contributed by atoms with van der Waals surface area (Å²) in [6, 6.07) is 5.23. The summed E-state index contributed by atoms with van der Waals surface area (Å²) in [7, 11) is 0. The number of nitrogen functional groups attached to an aromatic ring is 1. The highest BCUT2D eigenvalue weighted by Gasteiger charge is 2.05. The van der Waals surface area contributed by atoms with Gasteiger partial charge in [-0.2, -0.15) is 0 Å². The zero-order chi connectivity index (χ0) is 14.3. The van der Waals surface area contributed by atoms with E-state index in [0.717, 1.165) is 5.69 Å². The van der Waals surface area contributed by atoms with Gasteiger partial charge in [-0.15, -0.1) is 0 Å². The number of carbonyl (C=O) groups is 2. The molecule has 0 aromatic heterocycles. The molecule has 5 nitrogen and oxygen atoms in total. The number of nitrogens with one attached hydrogen (secondary N) is 1. The van der Waals surface area contributed by atoms with Crippen molar-refractivity contribution in [1.82, 2.24) is 0 Å². The van der Waals surface area contributed by atoms with Crippen molar-refractivity contribution in [2.24, 2.45) is 0 Å². The summed E-state index contributed by atoms with van der Waals surface area (Å²) in [5, 5.41) is 3.15. The van der Waals surface area contributed by atoms with Crippen molar-refractivity contribution in [1.29, 1.82) is 0 Å². The third-order valence-corrected chi connectivity index (χ3v) is 2.62. The van der Waals surface area contributed by atoms with Gasteiger partial charge in [0.1, 0.15) is 0 Å². The van der Waals surface area contributed by atoms with Gasteiger partial charge in [0.15, 0.2) is 5.78 Å². The maximum absolute atomic E-state index is 11.2. The lowest BCUT2D eigenvalue weighted by molar-refractivity contribution is -0.143. The largest absolute Gasteiger partial charge is 0.466 e. The molecule has 0 aliphatic rings. The molecular formula is C14H20N2O3. The first-order valence-corrected chi connectivity index (χ1v) is 6.34. The average molecular weight is 264 g/mol. The van der Waals surface area contributed by atoms with Crippen LogP contribution in [0.4, 0.5) is 11.4 Å². The lowest BCUT2D eigenvalue weighted by atomic mass is 10.1. The van der Waals surface area contributed by atoms with E-state index >= 15 is 0 Å². The van der Waals surface area contributed by atoms with Gasteiger partial charge in [-0.3, -0.25) is 9.59 Å². The van der Waals surface area contributed by atoms with E-state index in [0.29, 0.717) is 37.2 Å². The molecule has 19 heavy (non-hydrogen) atoms. The van der Waals surface area contributed by atoms with Crippen molar-refractivity contribution in [2.75, 3.05) is 24.2 Å². The fourth-order valence-corrected chi connectivity index (χ4v) is 1.69. The molecule has 5 heteroatoms. The fourth-order valence-electron chi connectivity index (χ4n) is 1.69. The maximum Gasteiger partial charge on any atom is 0.305 e. The summed E-state index contributed by atoms with van der Waals surface area (Å²) >= 11 is 0. The molecule has 0 heterocycles. The highest BCUT2D eigenvalue weighted by molar-refractivity contribution is 5.99. The minimum Gasteiger partial charge on any atom is -0.466 e. The van der Waals surface area contributed by atoms with Crippen molar-refractivity contribution in [2.45, 2.75) is 26.7 Å². The zero-order valence-corrected chi connectivity index (χ0v) is 11.4. The van der Waals surface area contributed by atoms with Gasteiger partial charge in [0, 0.05) is 29.9 Å². The van der Waals surface area contributed by atoms with E-state index in [-0.39, 0.29) is 11.8 Å². The number of nitrogens with two attached hydrogens (primary N) is 1. The molecular weight excluding hydrogens is 244 g/mol. The van der Waals surface area contributed by atoms with Crippen molar-refractivity contribution >= 4 is 23.1 Å². The minimum atomic E-state index is -0.184. The Labute approximate surface area is 113 Å². The molecule has 0 aliphatic heterocycles. The molecule has 0 amide bonds. The second kappa shape index (κ2) is 7.41. The first-order valence-electron chi connectivity index (χ1n) is 6.34. The molecule has 1 aromatic rings. The molecule has 0 atom stereocenters. The Morgan fingerprint density at radius 3 is 2.68 bits per heavy atom. The molecule has 0 radical (unpaired) electrons. The highest BCUT2D eigenvalue weighted by Crippen LogP contribution is 2.18. The van der Waals surface area contributed by atoms with Crippen LogP contribution < -0.4 is 11.1 Å². The SMILES string of the molecule is CCOC(=O)CCCNc1ccc(C(C)=O)c(N)c1. The Kier molecular flexibility index (Phi) is 5.85. The quantitative estimate of drug-likeness (QED) is 0.341. The fraction of sp³-hybridized carbons (Fsp3) is 0.429. The number of ether oxygens (including phenoxy) is 1. The van der Waals surface area contributed by atoms with Gasteiger partial charge in [-0.05, 0) is 38.5 Å². The normalized spacial score (nSPS) is 10.0. The van der Waals surface area contributed by atoms with Crippen LogP contribution in [0.3, 0.4) is 0 Å². The molecule has 0 unspecified atom stereocenters. The van der Waals surface area contributed by atoms with Crippen molar-refractivity contribution in [3.63, 3.8) is 0 Å². The maximum atomic E-state index is 11.2. The van der Waals surface area contributed by atoms with Crippen LogP contribution in [0.5, 0.6) is 0 Å². The van der Waals surface area contributed by atoms with Gasteiger partial charge in [-0.25, -0.2) is 0 Å². The number of hydrogen-bond acceptors (Lipinski definition) is 5. The van der Waals surface area contributed by atoms with Crippen molar-refractivity contribution in [3.8, 4) is 0 Å². The first-order chi connectivity index (χ1) is 9.04. The third-order valence-electron chi connectivity index (χ3n) is 2.62. The van der Waals surface area contributed by atoms with E-state index in [2.05, 4.69) is 5.32 Å². The lowest BCUT2D eigenvalue weighted by Crippen LogP contribution is -2.08. The first kappa shape index (κ1) is 15.0. The monoisotopic (exact) mass is 264 g/mol. The van der Waals surface area contributed by atoms with Crippen LogP contribution in [-0.2, 0) is 9.53 Å². The average Bonchev–Trinajstić information content (AvgIpc) is 2.34. The van der Waals surface area contributed by atoms with E-state index in [4.69, 9.17) is 10.5 Å². The van der Waals surface area contributed by atoms with E-state index in [1.54, 1.807) is 25.1 Å². The molecule has 104 valence electrons. The van der Waals surface area contributed by atoms with E-state index in [1.807, 2.05) is 0 Å². The van der Waals surface area contributed by atoms with Gasteiger partial charge < -0.3 is 15.8 Å². The van der Waals surface area contributed by atoms with Crippen molar-refractivity contribution < 1.29 is 14.3 Å². The molecule has 0 spiro atoms. The highest BCUT2D eigenvalue weighted by atomic mass is 16.5. The standard InChI is InChI=1S/C14H20N2O3/c1-3-19-14(18)5-4-8-16-11-6-7-12(10(2)17)13(15)9-11/h6-7,9,16H,3-5,8,15H2,1-2H3. The Balaban J connectivity index is 2.40. The number of rotatable bonds is 7. The van der Waals surface area contributed by atoms with Crippen LogP contribution in [0, 0.1) is 0 Å². The smallest absolute Gasteiger partial charge is 0.305 e. The summed E-state index contributed by atoms with van der Waals surface area (Å²) in [5.74, 6) is -0.234. The summed E-state index contributed by atoms with van der Waals surface area (Å²) in [5.41, 5.74) is 7.60. The molecule has 1 aromatic carbocycles. The molecule has 0 aliphatic carbocycles. The van der Waals surface area contributed by atoms with E-state index in [1.165, 1.54) is 6.92 Å². The Morgan fingerprint density at radius 1 is 1.37 bits per heavy atom. The Bertz CT molecular complexity index is 458. The molecule has 0 fully saturated rings. The van der Waals surface area contributed by atoms with Gasteiger partial charge in [0.2, 0.25) is 0 Å². The number of carbonyl (C=O) groups excluding carboxylic acids is 2. The number of Topliss-reactive ketones (excluding diaryl/α,β-unsaturated/α-hetero) is 1. The second-order valence-electron chi connectivity index (χ2n) is 4.19.